The number of carbonyl (C=O) groups is 1. The van der Waals surface area contributed by atoms with Gasteiger partial charge in [-0.15, -0.1) is 0 Å². The lowest BCUT2D eigenvalue weighted by molar-refractivity contribution is 0.0957. The van der Waals surface area contributed by atoms with Crippen molar-refractivity contribution >= 4 is 5.91 Å². The molecule has 1 aliphatic heterocycles. The Morgan fingerprint density at radius 1 is 1.62 bits per heavy atom. The first-order chi connectivity index (χ1) is 6.27. The van der Waals surface area contributed by atoms with E-state index in [0.717, 1.165) is 5.69 Å². The molecule has 1 N–H and O–H groups in total. The maximum atomic E-state index is 11.4. The highest BCUT2D eigenvalue weighted by Gasteiger charge is 2.16. The summed E-state index contributed by atoms with van der Waals surface area (Å²) in [5.41, 5.74) is 1.39. The second-order valence-electron chi connectivity index (χ2n) is 2.93. The van der Waals surface area contributed by atoms with Gasteiger partial charge in [-0.1, -0.05) is 0 Å². The molecule has 0 aliphatic carbocycles. The minimum atomic E-state index is -0.0852. The molecule has 1 aromatic heterocycles. The fourth-order valence-corrected chi connectivity index (χ4v) is 1.26. The van der Waals surface area contributed by atoms with Crippen molar-refractivity contribution in [2.75, 3.05) is 13.2 Å². The second kappa shape index (κ2) is 3.05. The molecule has 13 heavy (non-hydrogen) atoms. The van der Waals surface area contributed by atoms with Crippen LogP contribution in [0.2, 0.25) is 0 Å². The number of rotatable bonds is 0. The molecular formula is C9H10N2O2. The Morgan fingerprint density at radius 3 is 3.31 bits per heavy atom. The topological polar surface area (TPSA) is 51.2 Å². The standard InChI is InChI=1S/C9H10N2O2/c1-6-4-7-8(5-11-6)13-3-2-10-9(7)12/h4-5H,2-3H2,1H3,(H,10,12). The number of fused-ring (bicyclic) bond motifs is 1. The first-order valence-electron chi connectivity index (χ1n) is 4.15. The molecule has 0 fully saturated rings. The van der Waals surface area contributed by atoms with Crippen molar-refractivity contribution in [1.29, 1.82) is 0 Å². The van der Waals surface area contributed by atoms with Crippen LogP contribution in [0.15, 0.2) is 12.3 Å². The predicted molar refractivity (Wildman–Crippen MR) is 46.8 cm³/mol. The Labute approximate surface area is 75.9 Å². The van der Waals surface area contributed by atoms with Gasteiger partial charge in [-0.25, -0.2) is 0 Å². The smallest absolute Gasteiger partial charge is 0.255 e. The highest BCUT2D eigenvalue weighted by Crippen LogP contribution is 2.19. The van der Waals surface area contributed by atoms with Crippen molar-refractivity contribution in [3.8, 4) is 5.75 Å². The summed E-state index contributed by atoms with van der Waals surface area (Å²) in [5, 5.41) is 2.74. The summed E-state index contributed by atoms with van der Waals surface area (Å²) in [7, 11) is 0. The number of hydrogen-bond acceptors (Lipinski definition) is 3. The second-order valence-corrected chi connectivity index (χ2v) is 2.93. The van der Waals surface area contributed by atoms with E-state index in [4.69, 9.17) is 4.74 Å². The van der Waals surface area contributed by atoms with Gasteiger partial charge in [0.2, 0.25) is 0 Å². The summed E-state index contributed by atoms with van der Waals surface area (Å²) in [4.78, 5) is 15.5. The van der Waals surface area contributed by atoms with Gasteiger partial charge in [0.05, 0.1) is 18.3 Å². The lowest BCUT2D eigenvalue weighted by Gasteiger charge is -2.04. The number of pyridine rings is 1. The predicted octanol–water partition coefficient (Wildman–Crippen LogP) is 0.512. The van der Waals surface area contributed by atoms with Crippen LogP contribution in [0.5, 0.6) is 5.75 Å². The molecule has 0 spiro atoms. The fraction of sp³-hybridized carbons (Fsp3) is 0.333. The number of ether oxygens (including phenoxy) is 1. The third-order valence-corrected chi connectivity index (χ3v) is 1.89. The minimum Gasteiger partial charge on any atom is -0.489 e. The summed E-state index contributed by atoms with van der Waals surface area (Å²) in [6.07, 6.45) is 1.59. The van der Waals surface area contributed by atoms with Gasteiger partial charge in [-0.2, -0.15) is 0 Å². The Bertz CT molecular complexity index is 349. The van der Waals surface area contributed by atoms with Gasteiger partial charge in [0.1, 0.15) is 12.4 Å². The highest BCUT2D eigenvalue weighted by molar-refractivity contribution is 5.97. The molecular weight excluding hydrogens is 168 g/mol. The van der Waals surface area contributed by atoms with Crippen molar-refractivity contribution in [2.24, 2.45) is 0 Å². The van der Waals surface area contributed by atoms with Gasteiger partial charge >= 0.3 is 0 Å². The van der Waals surface area contributed by atoms with Gasteiger partial charge < -0.3 is 10.1 Å². The normalized spacial score (nSPS) is 15.3. The van der Waals surface area contributed by atoms with E-state index in [1.807, 2.05) is 6.92 Å². The zero-order chi connectivity index (χ0) is 9.26. The molecule has 4 nitrogen and oxygen atoms in total. The molecule has 4 heteroatoms. The van der Waals surface area contributed by atoms with Crippen molar-refractivity contribution in [2.45, 2.75) is 6.92 Å². The van der Waals surface area contributed by atoms with Gasteiger partial charge in [0.25, 0.3) is 5.91 Å². The van der Waals surface area contributed by atoms with Crippen LogP contribution in [0, 0.1) is 6.92 Å². The van der Waals surface area contributed by atoms with E-state index >= 15 is 0 Å². The zero-order valence-electron chi connectivity index (χ0n) is 7.33. The first kappa shape index (κ1) is 8.04. The Balaban J connectivity index is 2.49. The van der Waals surface area contributed by atoms with E-state index in [9.17, 15) is 4.79 Å². The third-order valence-electron chi connectivity index (χ3n) is 1.89. The summed E-state index contributed by atoms with van der Waals surface area (Å²) < 4.78 is 5.33. The van der Waals surface area contributed by atoms with Gasteiger partial charge in [0, 0.05) is 5.69 Å². The average Bonchev–Trinajstić information content (AvgIpc) is 2.29. The average molecular weight is 178 g/mol. The van der Waals surface area contributed by atoms with E-state index in [2.05, 4.69) is 10.3 Å². The van der Waals surface area contributed by atoms with Crippen LogP contribution in [0.3, 0.4) is 0 Å². The molecule has 68 valence electrons. The Kier molecular flexibility index (Phi) is 1.88. The molecule has 0 unspecified atom stereocenters. The maximum absolute atomic E-state index is 11.4. The van der Waals surface area contributed by atoms with Crippen molar-refractivity contribution in [3.05, 3.63) is 23.5 Å². The third kappa shape index (κ3) is 1.47. The van der Waals surface area contributed by atoms with E-state index in [0.29, 0.717) is 24.5 Å². The van der Waals surface area contributed by atoms with Crippen LogP contribution in [-0.2, 0) is 0 Å². The van der Waals surface area contributed by atoms with E-state index in [1.54, 1.807) is 12.3 Å². The first-order valence-corrected chi connectivity index (χ1v) is 4.15. The van der Waals surface area contributed by atoms with Crippen LogP contribution in [-0.4, -0.2) is 24.0 Å². The number of amides is 1. The lowest BCUT2D eigenvalue weighted by atomic mass is 10.2. The lowest BCUT2D eigenvalue weighted by Crippen LogP contribution is -2.24. The largest absolute Gasteiger partial charge is 0.489 e. The van der Waals surface area contributed by atoms with Gasteiger partial charge in [-0.3, -0.25) is 9.78 Å². The molecule has 1 aromatic rings. The number of aromatic nitrogens is 1. The van der Waals surface area contributed by atoms with Crippen molar-refractivity contribution in [3.63, 3.8) is 0 Å². The molecule has 0 saturated carbocycles. The van der Waals surface area contributed by atoms with Crippen LogP contribution >= 0.6 is 0 Å². The zero-order valence-corrected chi connectivity index (χ0v) is 7.33. The molecule has 2 heterocycles. The summed E-state index contributed by atoms with van der Waals surface area (Å²) in [5.74, 6) is 0.485. The SMILES string of the molecule is Cc1cc2c(cn1)OCCNC2=O. The number of hydrogen-bond donors (Lipinski definition) is 1. The quantitative estimate of drug-likeness (QED) is 0.629. The summed E-state index contributed by atoms with van der Waals surface area (Å²) >= 11 is 0. The number of carbonyl (C=O) groups excluding carboxylic acids is 1. The molecule has 0 atom stereocenters. The van der Waals surface area contributed by atoms with Crippen molar-refractivity contribution in [1.82, 2.24) is 10.3 Å². The van der Waals surface area contributed by atoms with Crippen molar-refractivity contribution < 1.29 is 9.53 Å². The maximum Gasteiger partial charge on any atom is 0.255 e. The van der Waals surface area contributed by atoms with Crippen LogP contribution in [0.1, 0.15) is 16.1 Å². The molecule has 0 aromatic carbocycles. The Morgan fingerprint density at radius 2 is 2.46 bits per heavy atom. The summed E-state index contributed by atoms with van der Waals surface area (Å²) in [6.45, 7) is 2.90. The Hall–Kier alpha value is -1.58. The highest BCUT2D eigenvalue weighted by atomic mass is 16.5. The minimum absolute atomic E-state index is 0.0852. The van der Waals surface area contributed by atoms with E-state index < -0.39 is 0 Å². The molecule has 2 rings (SSSR count). The summed E-state index contributed by atoms with van der Waals surface area (Å²) in [6, 6.07) is 1.73. The monoisotopic (exact) mass is 178 g/mol. The van der Waals surface area contributed by atoms with Gasteiger partial charge in [-0.05, 0) is 13.0 Å². The van der Waals surface area contributed by atoms with Crippen LogP contribution in [0.25, 0.3) is 0 Å². The molecule has 0 radical (unpaired) electrons. The number of nitrogens with one attached hydrogen (secondary N) is 1. The number of aryl methyl sites for hydroxylation is 1. The molecule has 1 aliphatic rings. The van der Waals surface area contributed by atoms with Gasteiger partial charge in [0.15, 0.2) is 0 Å². The van der Waals surface area contributed by atoms with E-state index in [1.165, 1.54) is 0 Å². The fourth-order valence-electron chi connectivity index (χ4n) is 1.26. The van der Waals surface area contributed by atoms with E-state index in [-0.39, 0.29) is 5.91 Å². The molecule has 0 bridgehead atoms. The van der Waals surface area contributed by atoms with Crippen LogP contribution in [0.4, 0.5) is 0 Å². The number of nitrogens with zero attached hydrogens (tertiary/aromatic N) is 1. The molecule has 0 saturated heterocycles. The molecule has 1 amide bonds. The van der Waals surface area contributed by atoms with Crippen LogP contribution < -0.4 is 10.1 Å².